The summed E-state index contributed by atoms with van der Waals surface area (Å²) < 4.78 is 1.98. The van der Waals surface area contributed by atoms with Crippen LogP contribution in [0.4, 0.5) is 5.69 Å². The van der Waals surface area contributed by atoms with Crippen molar-refractivity contribution in [3.05, 3.63) is 70.6 Å². The van der Waals surface area contributed by atoms with E-state index in [0.29, 0.717) is 24.4 Å². The van der Waals surface area contributed by atoms with Gasteiger partial charge in [0.05, 0.1) is 22.3 Å². The Bertz CT molecular complexity index is 1430. The average molecular weight is 487 g/mol. The smallest absolute Gasteiger partial charge is 0.253 e. The fraction of sp³-hybridized carbons (Fsp3) is 0.280. The number of hydrazine groups is 2. The van der Waals surface area contributed by atoms with E-state index in [9.17, 15) is 4.79 Å². The fourth-order valence-electron chi connectivity index (χ4n) is 4.25. The molecular formula is C25H26N8OS. The van der Waals surface area contributed by atoms with Crippen LogP contribution in [0.3, 0.4) is 0 Å². The van der Waals surface area contributed by atoms with Crippen LogP contribution in [0.15, 0.2) is 54.0 Å². The lowest BCUT2D eigenvalue weighted by Gasteiger charge is -2.20. The van der Waals surface area contributed by atoms with Crippen LogP contribution in [-0.2, 0) is 6.54 Å². The van der Waals surface area contributed by atoms with Crippen LogP contribution in [0, 0.1) is 6.92 Å². The molecule has 1 saturated carbocycles. The standard InChI is InChI=1S/C25H26N8OS/c1-3-23-29-30-31-33(23)20-10-18(14-32-21(13-27-24(20)32)22-9-4-15(2)35-22)25(34)28-12-16-5-8-19(26-11-16)17-6-7-17/h4-5,8-11,13-14,17,30-31H,3,6-7,12H2,1-2H3,(H,28,34). The summed E-state index contributed by atoms with van der Waals surface area (Å²) in [6, 6.07) is 10.1. The lowest BCUT2D eigenvalue weighted by atomic mass is 10.2. The third-order valence-corrected chi connectivity index (χ3v) is 7.32. The van der Waals surface area contributed by atoms with Gasteiger partial charge in [-0.2, -0.15) is 0 Å². The number of thiophene rings is 1. The van der Waals surface area contributed by atoms with Crippen LogP contribution in [0.1, 0.15) is 58.6 Å². The zero-order chi connectivity index (χ0) is 23.9. The zero-order valence-electron chi connectivity index (χ0n) is 19.6. The first kappa shape index (κ1) is 21.8. The number of nitrogens with one attached hydrogen (secondary N) is 3. The molecule has 1 aliphatic heterocycles. The second kappa shape index (κ2) is 8.79. The summed E-state index contributed by atoms with van der Waals surface area (Å²) in [6.45, 7) is 4.52. The highest BCUT2D eigenvalue weighted by atomic mass is 32.1. The van der Waals surface area contributed by atoms with Crippen molar-refractivity contribution >= 4 is 34.4 Å². The molecule has 4 aromatic heterocycles. The third-order valence-electron chi connectivity index (χ3n) is 6.30. The predicted octanol–water partition coefficient (Wildman–Crippen LogP) is 4.13. The first-order chi connectivity index (χ1) is 17.1. The van der Waals surface area contributed by atoms with Gasteiger partial charge in [-0.15, -0.1) is 22.0 Å². The molecule has 0 bridgehead atoms. The number of nitrogens with zero attached hydrogens (tertiary/aromatic N) is 5. The minimum atomic E-state index is -0.163. The van der Waals surface area contributed by atoms with Gasteiger partial charge < -0.3 is 5.32 Å². The number of carbonyl (C=O) groups is 1. The Morgan fingerprint density at radius 3 is 2.80 bits per heavy atom. The van der Waals surface area contributed by atoms with Crippen molar-refractivity contribution in [3.63, 3.8) is 0 Å². The van der Waals surface area contributed by atoms with Gasteiger partial charge in [0.2, 0.25) is 0 Å². The molecule has 0 saturated heterocycles. The Hall–Kier alpha value is -3.76. The molecule has 0 radical (unpaired) electrons. The molecule has 10 heteroatoms. The van der Waals surface area contributed by atoms with Gasteiger partial charge in [-0.1, -0.05) is 13.0 Å². The maximum absolute atomic E-state index is 13.3. The minimum absolute atomic E-state index is 0.163. The van der Waals surface area contributed by atoms with Crippen molar-refractivity contribution in [2.24, 2.45) is 5.10 Å². The molecule has 1 fully saturated rings. The summed E-state index contributed by atoms with van der Waals surface area (Å²) in [5.74, 6) is 1.26. The van der Waals surface area contributed by atoms with Crippen LogP contribution in [0.25, 0.3) is 16.2 Å². The van der Waals surface area contributed by atoms with Crippen molar-refractivity contribution in [2.45, 2.75) is 45.6 Å². The predicted molar refractivity (Wildman–Crippen MR) is 137 cm³/mol. The number of anilines is 1. The summed E-state index contributed by atoms with van der Waals surface area (Å²) in [4.78, 5) is 24.9. The Kier molecular flexibility index (Phi) is 5.46. The molecule has 5 heterocycles. The van der Waals surface area contributed by atoms with E-state index in [2.05, 4.69) is 51.6 Å². The van der Waals surface area contributed by atoms with Gasteiger partial charge in [0.1, 0.15) is 11.5 Å². The second-order valence-corrected chi connectivity index (χ2v) is 10.1. The van der Waals surface area contributed by atoms with Crippen LogP contribution < -0.4 is 21.4 Å². The molecule has 178 valence electrons. The Labute approximate surface area is 206 Å². The highest BCUT2D eigenvalue weighted by molar-refractivity contribution is 7.15. The molecule has 35 heavy (non-hydrogen) atoms. The van der Waals surface area contributed by atoms with E-state index in [0.717, 1.165) is 39.0 Å². The molecule has 0 aromatic carbocycles. The minimum Gasteiger partial charge on any atom is -0.348 e. The molecule has 3 N–H and O–H groups in total. The molecule has 0 atom stereocenters. The van der Waals surface area contributed by atoms with Gasteiger partial charge in [-0.3, -0.25) is 14.2 Å². The monoisotopic (exact) mass is 486 g/mol. The summed E-state index contributed by atoms with van der Waals surface area (Å²) in [5.41, 5.74) is 10.9. The first-order valence-electron chi connectivity index (χ1n) is 11.8. The lowest BCUT2D eigenvalue weighted by Crippen LogP contribution is -2.41. The Morgan fingerprint density at radius 1 is 1.20 bits per heavy atom. The summed E-state index contributed by atoms with van der Waals surface area (Å²) in [7, 11) is 0. The van der Waals surface area contributed by atoms with Crippen LogP contribution in [0.5, 0.6) is 0 Å². The van der Waals surface area contributed by atoms with E-state index < -0.39 is 0 Å². The van der Waals surface area contributed by atoms with Crippen molar-refractivity contribution in [2.75, 3.05) is 5.01 Å². The number of hydrogen-bond acceptors (Lipinski definition) is 8. The lowest BCUT2D eigenvalue weighted by molar-refractivity contribution is 0.0950. The van der Waals surface area contributed by atoms with Gasteiger partial charge in [0.25, 0.3) is 5.91 Å². The topological polar surface area (TPSA) is 99.0 Å². The summed E-state index contributed by atoms with van der Waals surface area (Å²) >= 11 is 1.70. The SMILES string of the molecule is CCC1=NNNN1c1cc(C(=O)NCc2ccc(C3CC3)nc2)cn2c(-c3ccc(C)s3)cnc12. The molecule has 9 nitrogen and oxygen atoms in total. The van der Waals surface area contributed by atoms with Gasteiger partial charge in [-0.25, -0.2) is 15.5 Å². The number of fused-ring (bicyclic) bond motifs is 1. The number of hydrazone groups is 1. The van der Waals surface area contributed by atoms with E-state index in [-0.39, 0.29) is 5.91 Å². The average Bonchev–Trinajstić information content (AvgIpc) is 3.25. The first-order valence-corrected chi connectivity index (χ1v) is 12.6. The highest BCUT2D eigenvalue weighted by Gasteiger charge is 2.25. The number of rotatable bonds is 7. The van der Waals surface area contributed by atoms with Crippen molar-refractivity contribution < 1.29 is 4.79 Å². The maximum Gasteiger partial charge on any atom is 0.253 e. The molecule has 0 spiro atoms. The van der Waals surface area contributed by atoms with Crippen LogP contribution in [-0.4, -0.2) is 26.1 Å². The summed E-state index contributed by atoms with van der Waals surface area (Å²) in [6.07, 6.45) is 8.73. The Morgan fingerprint density at radius 2 is 2.09 bits per heavy atom. The van der Waals surface area contributed by atoms with E-state index in [1.165, 1.54) is 17.7 Å². The fourth-order valence-corrected chi connectivity index (χ4v) is 5.12. The van der Waals surface area contributed by atoms with E-state index >= 15 is 0 Å². The van der Waals surface area contributed by atoms with Gasteiger partial charge in [0, 0.05) is 41.8 Å². The Balaban J connectivity index is 1.34. The summed E-state index contributed by atoms with van der Waals surface area (Å²) in [5, 5.41) is 9.18. The van der Waals surface area contributed by atoms with E-state index in [1.807, 2.05) is 47.1 Å². The number of amides is 1. The molecule has 0 unspecified atom stereocenters. The van der Waals surface area contributed by atoms with Gasteiger partial charge in [0.15, 0.2) is 5.65 Å². The zero-order valence-corrected chi connectivity index (χ0v) is 20.4. The number of aromatic nitrogens is 3. The van der Waals surface area contributed by atoms with E-state index in [4.69, 9.17) is 4.98 Å². The normalized spacial score (nSPS) is 15.4. The van der Waals surface area contributed by atoms with E-state index in [1.54, 1.807) is 11.3 Å². The molecule has 1 amide bonds. The molecule has 2 aliphatic rings. The quantitative estimate of drug-likeness (QED) is 0.363. The number of hydrogen-bond donors (Lipinski definition) is 3. The molecule has 1 aliphatic carbocycles. The number of carbonyl (C=O) groups excluding carboxylic acids is 1. The third kappa shape index (κ3) is 4.15. The van der Waals surface area contributed by atoms with Crippen LogP contribution in [0.2, 0.25) is 0 Å². The molecule has 6 rings (SSSR count). The van der Waals surface area contributed by atoms with Gasteiger partial charge >= 0.3 is 0 Å². The maximum atomic E-state index is 13.3. The van der Waals surface area contributed by atoms with Gasteiger partial charge in [-0.05, 0) is 49.6 Å². The van der Waals surface area contributed by atoms with Crippen molar-refractivity contribution in [3.8, 4) is 10.6 Å². The van der Waals surface area contributed by atoms with Crippen LogP contribution >= 0.6 is 11.3 Å². The second-order valence-electron chi connectivity index (χ2n) is 8.85. The number of pyridine rings is 2. The molecular weight excluding hydrogens is 460 g/mol. The van der Waals surface area contributed by atoms with Crippen molar-refractivity contribution in [1.29, 1.82) is 0 Å². The number of amidine groups is 1. The molecule has 4 aromatic rings. The number of aryl methyl sites for hydroxylation is 1. The number of imidazole rings is 1. The largest absolute Gasteiger partial charge is 0.348 e. The highest BCUT2D eigenvalue weighted by Crippen LogP contribution is 2.38. The van der Waals surface area contributed by atoms with Crippen molar-refractivity contribution in [1.82, 2.24) is 30.8 Å².